The molecule has 0 aliphatic carbocycles. The second kappa shape index (κ2) is 5.70. The highest BCUT2D eigenvalue weighted by Crippen LogP contribution is 2.40. The fourth-order valence-corrected chi connectivity index (χ4v) is 2.86. The van der Waals surface area contributed by atoms with E-state index in [9.17, 15) is 4.79 Å². The molecule has 0 radical (unpaired) electrons. The summed E-state index contributed by atoms with van der Waals surface area (Å²) in [5.41, 5.74) is 2.19. The Kier molecular flexibility index (Phi) is 3.76. The molecule has 1 heterocycles. The van der Waals surface area contributed by atoms with E-state index in [0.29, 0.717) is 0 Å². The van der Waals surface area contributed by atoms with Crippen LogP contribution >= 0.6 is 0 Å². The van der Waals surface area contributed by atoms with Crippen LogP contribution in [0, 0.1) is 0 Å². The predicted octanol–water partition coefficient (Wildman–Crippen LogP) is 3.35. The van der Waals surface area contributed by atoms with Gasteiger partial charge in [0.15, 0.2) is 0 Å². The van der Waals surface area contributed by atoms with Gasteiger partial charge in [-0.3, -0.25) is 9.69 Å². The van der Waals surface area contributed by atoms with Gasteiger partial charge in [0.05, 0.1) is 6.04 Å². The highest BCUT2D eigenvalue weighted by molar-refractivity contribution is 5.76. The van der Waals surface area contributed by atoms with Crippen LogP contribution in [0.3, 0.4) is 0 Å². The number of hydrogen-bond donors (Lipinski definition) is 0. The maximum atomic E-state index is 12.1. The van der Waals surface area contributed by atoms with Gasteiger partial charge in [-0.15, -0.1) is 0 Å². The first kappa shape index (κ1) is 13.8. The molecule has 3 nitrogen and oxygen atoms in total. The first-order valence-electron chi connectivity index (χ1n) is 7.21. The van der Waals surface area contributed by atoms with Crippen LogP contribution in [-0.2, 0) is 9.53 Å². The largest absolute Gasteiger partial charge is 0.454 e. The molecule has 0 saturated carbocycles. The third-order valence-corrected chi connectivity index (χ3v) is 4.19. The number of cyclic esters (lactones) is 1. The Hall–Kier alpha value is -2.13. The third kappa shape index (κ3) is 2.57. The monoisotopic (exact) mass is 281 g/mol. The molecular formula is C18H19NO2. The zero-order valence-electron chi connectivity index (χ0n) is 12.3. The molecule has 3 atom stereocenters. The van der Waals surface area contributed by atoms with E-state index in [1.165, 1.54) is 0 Å². The highest BCUT2D eigenvalue weighted by Gasteiger charge is 2.41. The number of carbonyl (C=O) groups excluding carboxylic acids is 1. The maximum absolute atomic E-state index is 12.1. The van der Waals surface area contributed by atoms with Crippen molar-refractivity contribution < 1.29 is 9.53 Å². The van der Waals surface area contributed by atoms with E-state index in [0.717, 1.165) is 11.1 Å². The molecule has 3 rings (SSSR count). The molecule has 0 spiro atoms. The number of likely N-dealkylation sites (N-methyl/N-ethyl adjacent to an activating group) is 1. The van der Waals surface area contributed by atoms with E-state index in [-0.39, 0.29) is 24.2 Å². The zero-order valence-corrected chi connectivity index (χ0v) is 12.3. The van der Waals surface area contributed by atoms with Crippen LogP contribution in [0.1, 0.15) is 30.2 Å². The summed E-state index contributed by atoms with van der Waals surface area (Å²) in [5, 5.41) is 0. The fraction of sp³-hybridized carbons (Fsp3) is 0.278. The van der Waals surface area contributed by atoms with E-state index in [4.69, 9.17) is 4.74 Å². The molecule has 1 fully saturated rings. The normalized spacial score (nSPS) is 26.4. The lowest BCUT2D eigenvalue weighted by Gasteiger charge is -2.42. The van der Waals surface area contributed by atoms with Crippen LogP contribution in [0.4, 0.5) is 0 Å². The minimum atomic E-state index is -0.276. The summed E-state index contributed by atoms with van der Waals surface area (Å²) >= 11 is 0. The van der Waals surface area contributed by atoms with Crippen molar-refractivity contribution in [3.8, 4) is 0 Å². The van der Waals surface area contributed by atoms with Crippen LogP contribution < -0.4 is 0 Å². The van der Waals surface area contributed by atoms with Crippen molar-refractivity contribution in [2.45, 2.75) is 25.1 Å². The average molecular weight is 281 g/mol. The summed E-state index contributed by atoms with van der Waals surface area (Å²) in [6, 6.07) is 19.9. The molecule has 108 valence electrons. The van der Waals surface area contributed by atoms with Crippen LogP contribution in [-0.4, -0.2) is 24.0 Å². The second-order valence-corrected chi connectivity index (χ2v) is 5.47. The molecule has 3 heteroatoms. The lowest BCUT2D eigenvalue weighted by atomic mass is 9.92. The number of hydrogen-bond acceptors (Lipinski definition) is 3. The number of ether oxygens (including phenoxy) is 1. The van der Waals surface area contributed by atoms with Gasteiger partial charge in [-0.05, 0) is 25.1 Å². The number of nitrogens with zero attached hydrogens (tertiary/aromatic N) is 1. The molecule has 0 bridgehead atoms. The number of rotatable bonds is 2. The van der Waals surface area contributed by atoms with Crippen molar-refractivity contribution >= 4 is 5.97 Å². The minimum absolute atomic E-state index is 0.0290. The van der Waals surface area contributed by atoms with Crippen LogP contribution in [0.2, 0.25) is 0 Å². The topological polar surface area (TPSA) is 29.5 Å². The number of benzene rings is 2. The Morgan fingerprint density at radius 3 is 2.00 bits per heavy atom. The average Bonchev–Trinajstić information content (AvgIpc) is 2.54. The Morgan fingerprint density at radius 1 is 0.905 bits per heavy atom. The van der Waals surface area contributed by atoms with E-state index < -0.39 is 0 Å². The quantitative estimate of drug-likeness (QED) is 0.791. The molecule has 0 aromatic heterocycles. The standard InChI is InChI=1S/C18H19NO2/c1-13-18(20)21-17(15-11-7-4-8-12-15)16(19(13)2)14-9-5-3-6-10-14/h3-13,16-17H,1-2H3/t13-,16-,17+/m1/s1. The van der Waals surface area contributed by atoms with Gasteiger partial charge in [-0.1, -0.05) is 60.7 Å². The van der Waals surface area contributed by atoms with Crippen molar-refractivity contribution in [3.63, 3.8) is 0 Å². The van der Waals surface area contributed by atoms with Crippen molar-refractivity contribution in [2.24, 2.45) is 0 Å². The van der Waals surface area contributed by atoms with Gasteiger partial charge >= 0.3 is 5.97 Å². The summed E-state index contributed by atoms with van der Waals surface area (Å²) in [5.74, 6) is -0.168. The number of esters is 1. The molecule has 2 aromatic carbocycles. The smallest absolute Gasteiger partial charge is 0.323 e. The van der Waals surface area contributed by atoms with Gasteiger partial charge < -0.3 is 4.74 Å². The lowest BCUT2D eigenvalue weighted by molar-refractivity contribution is -0.172. The van der Waals surface area contributed by atoms with Crippen molar-refractivity contribution in [1.29, 1.82) is 0 Å². The summed E-state index contributed by atoms with van der Waals surface area (Å²) in [6.07, 6.45) is -0.276. The maximum Gasteiger partial charge on any atom is 0.323 e. The van der Waals surface area contributed by atoms with E-state index in [2.05, 4.69) is 17.0 Å². The molecule has 1 saturated heterocycles. The first-order valence-corrected chi connectivity index (χ1v) is 7.21. The lowest BCUT2D eigenvalue weighted by Crippen LogP contribution is -2.48. The van der Waals surface area contributed by atoms with Crippen LogP contribution in [0.15, 0.2) is 60.7 Å². The van der Waals surface area contributed by atoms with Crippen molar-refractivity contribution in [2.75, 3.05) is 7.05 Å². The number of morpholine rings is 1. The SMILES string of the molecule is C[C@@H]1C(=O)O[C@@H](c2ccccc2)[C@@H](c2ccccc2)N1C. The number of carbonyl (C=O) groups is 1. The summed E-state index contributed by atoms with van der Waals surface area (Å²) in [6.45, 7) is 1.89. The molecule has 1 aliphatic heterocycles. The molecular weight excluding hydrogens is 262 g/mol. The van der Waals surface area contributed by atoms with E-state index in [1.807, 2.05) is 62.5 Å². The van der Waals surface area contributed by atoms with Crippen molar-refractivity contribution in [1.82, 2.24) is 4.90 Å². The van der Waals surface area contributed by atoms with E-state index >= 15 is 0 Å². The van der Waals surface area contributed by atoms with Gasteiger partial charge in [-0.25, -0.2) is 0 Å². The predicted molar refractivity (Wildman–Crippen MR) is 81.7 cm³/mol. The molecule has 0 unspecified atom stereocenters. The first-order chi connectivity index (χ1) is 10.2. The third-order valence-electron chi connectivity index (χ3n) is 4.19. The minimum Gasteiger partial charge on any atom is -0.454 e. The Labute approximate surface area is 125 Å². The summed E-state index contributed by atoms with van der Waals surface area (Å²) < 4.78 is 5.74. The van der Waals surface area contributed by atoms with Gasteiger partial charge in [0.2, 0.25) is 0 Å². The van der Waals surface area contributed by atoms with Crippen molar-refractivity contribution in [3.05, 3.63) is 71.8 Å². The summed E-state index contributed by atoms with van der Waals surface area (Å²) in [4.78, 5) is 14.2. The second-order valence-electron chi connectivity index (χ2n) is 5.47. The Bertz CT molecular complexity index is 612. The summed E-state index contributed by atoms with van der Waals surface area (Å²) in [7, 11) is 1.98. The molecule has 21 heavy (non-hydrogen) atoms. The van der Waals surface area contributed by atoms with Gasteiger partial charge in [0.1, 0.15) is 12.1 Å². The molecule has 0 amide bonds. The van der Waals surface area contributed by atoms with Crippen LogP contribution in [0.5, 0.6) is 0 Å². The van der Waals surface area contributed by atoms with Gasteiger partial charge in [0.25, 0.3) is 0 Å². The molecule has 2 aromatic rings. The van der Waals surface area contributed by atoms with E-state index in [1.54, 1.807) is 0 Å². The van der Waals surface area contributed by atoms with Crippen LogP contribution in [0.25, 0.3) is 0 Å². The Balaban J connectivity index is 2.04. The zero-order chi connectivity index (χ0) is 14.8. The highest BCUT2D eigenvalue weighted by atomic mass is 16.5. The molecule has 0 N–H and O–H groups in total. The molecule has 1 aliphatic rings. The van der Waals surface area contributed by atoms with Gasteiger partial charge in [0, 0.05) is 0 Å². The Morgan fingerprint density at radius 2 is 1.43 bits per heavy atom. The van der Waals surface area contributed by atoms with Gasteiger partial charge in [-0.2, -0.15) is 0 Å². The fourth-order valence-electron chi connectivity index (χ4n) is 2.86.